The van der Waals surface area contributed by atoms with E-state index in [4.69, 9.17) is 17.3 Å². The molecular weight excluding hydrogens is 404 g/mol. The molecule has 1 aliphatic carbocycles. The molecule has 1 saturated carbocycles. The molecule has 3 heterocycles. The van der Waals surface area contributed by atoms with E-state index in [2.05, 4.69) is 19.9 Å². The number of anilines is 3. The quantitative estimate of drug-likeness (QED) is 0.716. The summed E-state index contributed by atoms with van der Waals surface area (Å²) in [6.07, 6.45) is 8.10. The van der Waals surface area contributed by atoms with Crippen molar-refractivity contribution in [2.45, 2.75) is 32.6 Å². The molecule has 3 N–H and O–H groups in total. The van der Waals surface area contributed by atoms with Crippen molar-refractivity contribution < 1.29 is 9.90 Å². The number of rotatable bonds is 6. The molecule has 160 valence electrons. The molecule has 30 heavy (non-hydrogen) atoms. The number of amides is 1. The van der Waals surface area contributed by atoms with Crippen molar-refractivity contribution in [1.82, 2.24) is 15.0 Å². The maximum Gasteiger partial charge on any atom is 0.413 e. The van der Waals surface area contributed by atoms with Crippen LogP contribution < -0.4 is 15.5 Å². The van der Waals surface area contributed by atoms with Gasteiger partial charge in [-0.1, -0.05) is 11.6 Å². The van der Waals surface area contributed by atoms with Crippen LogP contribution in [0.2, 0.25) is 5.02 Å². The molecule has 2 fully saturated rings. The van der Waals surface area contributed by atoms with Crippen LogP contribution in [0, 0.1) is 24.7 Å². The summed E-state index contributed by atoms with van der Waals surface area (Å²) < 4.78 is 0. The number of nitrogen functional groups attached to an aromatic ring is 1. The van der Waals surface area contributed by atoms with Gasteiger partial charge in [0.1, 0.15) is 5.82 Å². The molecule has 0 aromatic carbocycles. The summed E-state index contributed by atoms with van der Waals surface area (Å²) in [5, 5.41) is 10.2. The van der Waals surface area contributed by atoms with Gasteiger partial charge in [-0.3, -0.25) is 4.90 Å². The highest BCUT2D eigenvalue weighted by atomic mass is 35.5. The minimum atomic E-state index is -0.969. The van der Waals surface area contributed by atoms with Crippen LogP contribution in [0.3, 0.4) is 0 Å². The van der Waals surface area contributed by atoms with Crippen LogP contribution >= 0.6 is 11.6 Å². The van der Waals surface area contributed by atoms with Gasteiger partial charge < -0.3 is 15.7 Å². The van der Waals surface area contributed by atoms with Crippen LogP contribution in [0.5, 0.6) is 0 Å². The highest BCUT2D eigenvalue weighted by Gasteiger charge is 2.43. The van der Waals surface area contributed by atoms with Crippen molar-refractivity contribution in [3.05, 3.63) is 35.2 Å². The van der Waals surface area contributed by atoms with Crippen LogP contribution in [-0.4, -0.2) is 45.8 Å². The lowest BCUT2D eigenvalue weighted by atomic mass is 9.90. The summed E-state index contributed by atoms with van der Waals surface area (Å²) >= 11 is 5.87. The second kappa shape index (κ2) is 8.63. The Morgan fingerprint density at radius 2 is 1.97 bits per heavy atom. The van der Waals surface area contributed by atoms with Gasteiger partial charge in [-0.2, -0.15) is 0 Å². The van der Waals surface area contributed by atoms with E-state index in [9.17, 15) is 9.90 Å². The zero-order chi connectivity index (χ0) is 21.3. The molecule has 2 aromatic rings. The lowest BCUT2D eigenvalue weighted by Gasteiger charge is -2.32. The number of carbonyl (C=O) groups is 1. The van der Waals surface area contributed by atoms with E-state index < -0.39 is 6.09 Å². The number of halogens is 1. The molecule has 1 aliphatic heterocycles. The Labute approximate surface area is 181 Å². The molecule has 2 aliphatic rings. The van der Waals surface area contributed by atoms with Crippen molar-refractivity contribution in [3.8, 4) is 0 Å². The Morgan fingerprint density at radius 3 is 2.60 bits per heavy atom. The van der Waals surface area contributed by atoms with E-state index in [-0.39, 0.29) is 0 Å². The molecule has 0 spiro atoms. The molecule has 4 rings (SSSR count). The fourth-order valence-electron chi connectivity index (χ4n) is 4.64. The highest BCUT2D eigenvalue weighted by Crippen LogP contribution is 2.50. The predicted octanol–water partition coefficient (Wildman–Crippen LogP) is 3.84. The number of carboxylic acid groups (broad SMARTS) is 1. The molecule has 2 unspecified atom stereocenters. The fraction of sp³-hybridized carbons (Fsp3) is 0.524. The number of hydrogen-bond acceptors (Lipinski definition) is 6. The van der Waals surface area contributed by atoms with Crippen LogP contribution in [0.15, 0.2) is 24.7 Å². The highest BCUT2D eigenvalue weighted by molar-refractivity contribution is 6.30. The van der Waals surface area contributed by atoms with Gasteiger partial charge in [0.15, 0.2) is 0 Å². The van der Waals surface area contributed by atoms with E-state index in [1.165, 1.54) is 17.5 Å². The number of nitrogens with two attached hydrogens (primary N) is 1. The molecule has 2 atom stereocenters. The van der Waals surface area contributed by atoms with E-state index in [0.29, 0.717) is 40.8 Å². The van der Waals surface area contributed by atoms with Crippen LogP contribution in [0.4, 0.5) is 22.2 Å². The maximum absolute atomic E-state index is 11.8. The van der Waals surface area contributed by atoms with Gasteiger partial charge in [0.25, 0.3) is 0 Å². The number of aryl methyl sites for hydroxylation is 1. The van der Waals surface area contributed by atoms with Crippen molar-refractivity contribution in [2.24, 2.45) is 17.8 Å². The van der Waals surface area contributed by atoms with E-state index in [0.717, 1.165) is 43.9 Å². The van der Waals surface area contributed by atoms with Crippen LogP contribution in [-0.2, 0) is 0 Å². The van der Waals surface area contributed by atoms with Gasteiger partial charge in [-0.15, -0.1) is 0 Å². The summed E-state index contributed by atoms with van der Waals surface area (Å²) in [5.74, 6) is 3.19. The minimum Gasteiger partial charge on any atom is -0.465 e. The number of aromatic nitrogens is 3. The Bertz CT molecular complexity index is 901. The van der Waals surface area contributed by atoms with Gasteiger partial charge in [-0.05, 0) is 62.0 Å². The number of nitrogens with zero attached hydrogens (tertiary/aromatic N) is 5. The Hall–Kier alpha value is -2.61. The van der Waals surface area contributed by atoms with Gasteiger partial charge in [0.05, 0.1) is 29.3 Å². The molecular formula is C21H27ClN6O2. The van der Waals surface area contributed by atoms with Gasteiger partial charge in [0, 0.05) is 19.6 Å². The molecule has 1 amide bonds. The molecule has 1 saturated heterocycles. The summed E-state index contributed by atoms with van der Waals surface area (Å²) in [6.45, 7) is 4.20. The van der Waals surface area contributed by atoms with Gasteiger partial charge in [0.2, 0.25) is 5.95 Å². The number of hydrogen-bond donors (Lipinski definition) is 2. The van der Waals surface area contributed by atoms with Crippen molar-refractivity contribution in [1.29, 1.82) is 0 Å². The fourth-order valence-corrected chi connectivity index (χ4v) is 4.73. The second-order valence-electron chi connectivity index (χ2n) is 8.32. The summed E-state index contributed by atoms with van der Waals surface area (Å²) in [5.41, 5.74) is 7.06. The second-order valence-corrected chi connectivity index (χ2v) is 8.75. The number of pyridine rings is 1. The van der Waals surface area contributed by atoms with Crippen molar-refractivity contribution in [3.63, 3.8) is 0 Å². The van der Waals surface area contributed by atoms with Crippen molar-refractivity contribution in [2.75, 3.05) is 35.2 Å². The van der Waals surface area contributed by atoms with Crippen molar-refractivity contribution >= 4 is 35.1 Å². The maximum atomic E-state index is 11.8. The minimum absolute atomic E-state index is 0.464. The zero-order valence-corrected chi connectivity index (χ0v) is 17.8. The topological polar surface area (TPSA) is 108 Å². The molecule has 0 bridgehead atoms. The SMILES string of the molecule is Cc1cc(N)cnc1N(CCC1CC1C1CCN(c2ncc(Cl)cn2)CC1)C(=O)O. The van der Waals surface area contributed by atoms with Gasteiger partial charge in [-0.25, -0.2) is 19.7 Å². The zero-order valence-electron chi connectivity index (χ0n) is 17.0. The average Bonchev–Trinajstić information content (AvgIpc) is 3.50. The first-order valence-electron chi connectivity index (χ1n) is 10.4. The summed E-state index contributed by atoms with van der Waals surface area (Å²) in [7, 11) is 0. The van der Waals surface area contributed by atoms with Crippen LogP contribution in [0.1, 0.15) is 31.2 Å². The molecule has 8 nitrogen and oxygen atoms in total. The van der Waals surface area contributed by atoms with E-state index in [1.807, 2.05) is 6.92 Å². The summed E-state index contributed by atoms with van der Waals surface area (Å²) in [6, 6.07) is 1.76. The lowest BCUT2D eigenvalue weighted by Crippen LogP contribution is -2.35. The monoisotopic (exact) mass is 430 g/mol. The predicted molar refractivity (Wildman–Crippen MR) is 117 cm³/mol. The smallest absolute Gasteiger partial charge is 0.413 e. The summed E-state index contributed by atoms with van der Waals surface area (Å²) in [4.78, 5) is 28.2. The number of piperidine rings is 1. The molecule has 9 heteroatoms. The van der Waals surface area contributed by atoms with Crippen LogP contribution in [0.25, 0.3) is 0 Å². The average molecular weight is 431 g/mol. The van der Waals surface area contributed by atoms with E-state index in [1.54, 1.807) is 18.5 Å². The third-order valence-corrected chi connectivity index (χ3v) is 6.49. The standard InChI is InChI=1S/C21H27ClN6O2/c1-13-8-17(23)12-24-19(13)28(21(29)30)7-4-15-9-18(15)14-2-5-27(6-3-14)20-25-10-16(22)11-26-20/h8,10-12,14-15,18H,2-7,9,23H2,1H3,(H,29,30). The first-order chi connectivity index (χ1) is 14.4. The van der Waals surface area contributed by atoms with E-state index >= 15 is 0 Å². The largest absolute Gasteiger partial charge is 0.465 e. The first-order valence-corrected chi connectivity index (χ1v) is 10.7. The Morgan fingerprint density at radius 1 is 1.27 bits per heavy atom. The third-order valence-electron chi connectivity index (χ3n) is 6.29. The van der Waals surface area contributed by atoms with Gasteiger partial charge >= 0.3 is 6.09 Å². The normalized spacial score (nSPS) is 21.5. The Balaban J connectivity index is 1.28. The first kappa shape index (κ1) is 20.7. The molecule has 2 aromatic heterocycles. The molecule has 0 radical (unpaired) electrons. The lowest BCUT2D eigenvalue weighted by molar-refractivity contribution is 0.201. The Kier molecular flexibility index (Phi) is 5.94. The third kappa shape index (κ3) is 4.59.